The molecule has 1 aromatic carbocycles. The number of hydrogen-bond donors (Lipinski definition) is 2. The van der Waals surface area contributed by atoms with E-state index >= 15 is 0 Å². The van der Waals surface area contributed by atoms with E-state index in [1.807, 2.05) is 0 Å². The maximum atomic E-state index is 12.5. The van der Waals surface area contributed by atoms with E-state index in [-0.39, 0.29) is 18.2 Å². The lowest BCUT2D eigenvalue weighted by atomic mass is 10.1. The average Bonchev–Trinajstić information content (AvgIpc) is 2.94. The number of aromatic nitrogens is 1. The van der Waals surface area contributed by atoms with E-state index in [2.05, 4.69) is 5.43 Å². The maximum Gasteiger partial charge on any atom is 0.252 e. The molecule has 0 aliphatic heterocycles. The highest BCUT2D eigenvalue weighted by atomic mass is 16.5. The molecule has 1 heterocycles. The number of ketones is 1. The summed E-state index contributed by atoms with van der Waals surface area (Å²) in [7, 11) is 1.50. The Kier molecular flexibility index (Phi) is 4.17. The second-order valence-corrected chi connectivity index (χ2v) is 4.03. The van der Waals surface area contributed by atoms with E-state index in [1.165, 1.54) is 11.8 Å². The van der Waals surface area contributed by atoms with E-state index in [0.29, 0.717) is 17.0 Å². The zero-order valence-electron chi connectivity index (χ0n) is 11.0. The largest absolute Gasteiger partial charge is 0.496 e. The first-order chi connectivity index (χ1) is 9.67. The summed E-state index contributed by atoms with van der Waals surface area (Å²) in [5.74, 6) is -0.143. The first-order valence-electron chi connectivity index (χ1n) is 6.02. The molecule has 2 aromatic rings. The van der Waals surface area contributed by atoms with Crippen LogP contribution in [0.2, 0.25) is 0 Å². The second kappa shape index (κ2) is 6.03. The van der Waals surface area contributed by atoms with Crippen molar-refractivity contribution in [1.82, 2.24) is 4.68 Å². The third-order valence-electron chi connectivity index (χ3n) is 2.76. The van der Waals surface area contributed by atoms with Gasteiger partial charge in [0.15, 0.2) is 0 Å². The van der Waals surface area contributed by atoms with Gasteiger partial charge in [-0.05, 0) is 24.3 Å². The number of nitrogens with zero attached hydrogens (tertiary/aromatic N) is 1. The van der Waals surface area contributed by atoms with Gasteiger partial charge in [0.1, 0.15) is 11.4 Å². The molecule has 104 valence electrons. The summed E-state index contributed by atoms with van der Waals surface area (Å²) in [6.07, 6.45) is 1.58. The number of ether oxygens (including phenoxy) is 1. The van der Waals surface area contributed by atoms with Gasteiger partial charge in [-0.25, -0.2) is 0 Å². The van der Waals surface area contributed by atoms with Crippen molar-refractivity contribution in [3.05, 3.63) is 53.9 Å². The lowest BCUT2D eigenvalue weighted by molar-refractivity contribution is -0.115. The molecule has 2 rings (SSSR count). The van der Waals surface area contributed by atoms with E-state index in [4.69, 9.17) is 10.5 Å². The molecule has 0 saturated carbocycles. The third-order valence-corrected chi connectivity index (χ3v) is 2.76. The van der Waals surface area contributed by atoms with Crippen molar-refractivity contribution in [3.63, 3.8) is 0 Å². The molecule has 0 unspecified atom stereocenters. The van der Waals surface area contributed by atoms with Crippen LogP contribution < -0.4 is 15.9 Å². The quantitative estimate of drug-likeness (QED) is 0.787. The van der Waals surface area contributed by atoms with Gasteiger partial charge < -0.3 is 10.5 Å². The number of nitrogens with two attached hydrogens (primary N) is 1. The van der Waals surface area contributed by atoms with Crippen molar-refractivity contribution in [2.75, 3.05) is 19.1 Å². The van der Waals surface area contributed by atoms with Crippen LogP contribution in [0.5, 0.6) is 5.75 Å². The van der Waals surface area contributed by atoms with E-state index in [0.717, 1.165) is 0 Å². The zero-order valence-corrected chi connectivity index (χ0v) is 11.0. The minimum atomic E-state index is -0.379. The Morgan fingerprint density at radius 2 is 2.00 bits per heavy atom. The molecule has 0 saturated heterocycles. The number of amides is 1. The van der Waals surface area contributed by atoms with Crippen LogP contribution in [0.15, 0.2) is 42.6 Å². The van der Waals surface area contributed by atoms with Gasteiger partial charge in [0.2, 0.25) is 5.78 Å². The number of rotatable bonds is 5. The van der Waals surface area contributed by atoms with Crippen LogP contribution in [-0.2, 0) is 4.79 Å². The fourth-order valence-electron chi connectivity index (χ4n) is 1.81. The first-order valence-corrected chi connectivity index (χ1v) is 6.02. The molecular weight excluding hydrogens is 258 g/mol. The molecule has 6 heteroatoms. The lowest BCUT2D eigenvalue weighted by Crippen LogP contribution is -2.30. The monoisotopic (exact) mass is 273 g/mol. The van der Waals surface area contributed by atoms with Crippen LogP contribution in [0.4, 0.5) is 0 Å². The van der Waals surface area contributed by atoms with E-state index in [9.17, 15) is 9.59 Å². The maximum absolute atomic E-state index is 12.5. The Labute approximate surface area is 116 Å². The van der Waals surface area contributed by atoms with Crippen LogP contribution in [0.3, 0.4) is 0 Å². The van der Waals surface area contributed by atoms with Crippen LogP contribution in [-0.4, -0.2) is 30.0 Å². The average molecular weight is 273 g/mol. The molecule has 1 aromatic heterocycles. The summed E-state index contributed by atoms with van der Waals surface area (Å²) in [6, 6.07) is 10.2. The second-order valence-electron chi connectivity index (χ2n) is 4.03. The normalized spacial score (nSPS) is 10.1. The Morgan fingerprint density at radius 3 is 2.70 bits per heavy atom. The number of methoxy groups -OCH3 is 1. The smallest absolute Gasteiger partial charge is 0.252 e. The fraction of sp³-hybridized carbons (Fsp3) is 0.143. The summed E-state index contributed by atoms with van der Waals surface area (Å²) in [6.45, 7) is -0.152. The summed E-state index contributed by atoms with van der Waals surface area (Å²) < 4.78 is 6.52. The molecule has 0 aliphatic rings. The van der Waals surface area contributed by atoms with E-state index < -0.39 is 0 Å². The number of nitrogens with one attached hydrogen (secondary N) is 1. The van der Waals surface area contributed by atoms with Crippen molar-refractivity contribution in [1.29, 1.82) is 0 Å². The summed E-state index contributed by atoms with van der Waals surface area (Å²) in [5.41, 5.74) is 8.52. The topological polar surface area (TPSA) is 86.3 Å². The molecule has 1 amide bonds. The molecule has 0 fully saturated rings. The number of para-hydroxylation sites is 1. The standard InChI is InChI=1S/C14H15N3O3/c1-20-12-7-3-2-5-10(12)14(19)11-6-4-8-17(11)16-13(18)9-15/h2-8H,9,15H2,1H3,(H,16,18). The SMILES string of the molecule is COc1ccccc1C(=O)c1cccn1NC(=O)CN. The number of carbonyl (C=O) groups excluding carboxylic acids is 2. The summed E-state index contributed by atoms with van der Waals surface area (Å²) >= 11 is 0. The van der Waals surface area contributed by atoms with Crippen LogP contribution in [0.25, 0.3) is 0 Å². The molecule has 20 heavy (non-hydrogen) atoms. The van der Waals surface area contributed by atoms with E-state index in [1.54, 1.807) is 42.6 Å². The first kappa shape index (κ1) is 13.8. The minimum Gasteiger partial charge on any atom is -0.496 e. The Bertz CT molecular complexity index is 634. The predicted octanol–water partition coefficient (Wildman–Crippen LogP) is 0.756. The van der Waals surface area contributed by atoms with Crippen molar-refractivity contribution in [2.45, 2.75) is 0 Å². The highest BCUT2D eigenvalue weighted by Gasteiger charge is 2.17. The molecule has 0 aliphatic carbocycles. The van der Waals surface area contributed by atoms with Crippen LogP contribution in [0, 0.1) is 0 Å². The molecule has 0 spiro atoms. The van der Waals surface area contributed by atoms with Crippen LogP contribution >= 0.6 is 0 Å². The predicted molar refractivity (Wildman–Crippen MR) is 74.3 cm³/mol. The Morgan fingerprint density at radius 1 is 1.25 bits per heavy atom. The minimum absolute atomic E-state index is 0.152. The number of hydrogen-bond acceptors (Lipinski definition) is 4. The summed E-state index contributed by atoms with van der Waals surface area (Å²) in [4.78, 5) is 23.8. The zero-order chi connectivity index (χ0) is 14.5. The number of carbonyl (C=O) groups is 2. The Hall–Kier alpha value is -2.60. The van der Waals surface area contributed by atoms with Gasteiger partial charge in [-0.3, -0.25) is 19.7 Å². The lowest BCUT2D eigenvalue weighted by Gasteiger charge is -2.11. The third kappa shape index (κ3) is 2.70. The van der Waals surface area contributed by atoms with Gasteiger partial charge in [-0.1, -0.05) is 12.1 Å². The fourth-order valence-corrected chi connectivity index (χ4v) is 1.81. The van der Waals surface area contributed by atoms with Gasteiger partial charge in [-0.2, -0.15) is 0 Å². The van der Waals surface area contributed by atoms with Gasteiger partial charge in [-0.15, -0.1) is 0 Å². The van der Waals surface area contributed by atoms with Gasteiger partial charge in [0.25, 0.3) is 5.91 Å². The van der Waals surface area contributed by atoms with Crippen molar-refractivity contribution in [2.24, 2.45) is 5.73 Å². The highest BCUT2D eigenvalue weighted by molar-refractivity contribution is 6.10. The van der Waals surface area contributed by atoms with Gasteiger partial charge >= 0.3 is 0 Å². The molecule has 0 bridgehead atoms. The molecule has 6 nitrogen and oxygen atoms in total. The van der Waals surface area contributed by atoms with Crippen molar-refractivity contribution < 1.29 is 14.3 Å². The highest BCUT2D eigenvalue weighted by Crippen LogP contribution is 2.21. The van der Waals surface area contributed by atoms with Crippen molar-refractivity contribution in [3.8, 4) is 5.75 Å². The van der Waals surface area contributed by atoms with Gasteiger partial charge in [0, 0.05) is 6.20 Å². The molecule has 0 radical (unpaired) electrons. The molecule has 3 N–H and O–H groups in total. The number of benzene rings is 1. The molecule has 0 atom stereocenters. The molecular formula is C14H15N3O3. The summed E-state index contributed by atoms with van der Waals surface area (Å²) in [5, 5.41) is 0. The van der Waals surface area contributed by atoms with Crippen LogP contribution in [0.1, 0.15) is 16.1 Å². The Balaban J connectivity index is 2.34. The van der Waals surface area contributed by atoms with Crippen molar-refractivity contribution >= 4 is 11.7 Å². The van der Waals surface area contributed by atoms with Gasteiger partial charge in [0.05, 0.1) is 19.2 Å².